The maximum atomic E-state index is 6.13. The summed E-state index contributed by atoms with van der Waals surface area (Å²) in [5, 5.41) is 2.06. The van der Waals surface area contributed by atoms with E-state index in [9.17, 15) is 0 Å². The van der Waals surface area contributed by atoms with E-state index in [1.54, 1.807) is 18.4 Å². The molecule has 1 aromatic rings. The summed E-state index contributed by atoms with van der Waals surface area (Å²) >= 11 is 1.70. The fourth-order valence-corrected chi connectivity index (χ4v) is 4.59. The van der Waals surface area contributed by atoms with Crippen LogP contribution in [-0.2, 0) is 9.47 Å². The van der Waals surface area contributed by atoms with Crippen LogP contribution in [0.1, 0.15) is 36.6 Å². The van der Waals surface area contributed by atoms with Crippen LogP contribution in [0.4, 0.5) is 0 Å². The Bertz CT molecular complexity index is 454. The maximum absolute atomic E-state index is 6.13. The first-order chi connectivity index (χ1) is 10.3. The second-order valence-corrected chi connectivity index (χ2v) is 6.84. The van der Waals surface area contributed by atoms with Crippen LogP contribution in [-0.4, -0.2) is 32.5 Å². The lowest BCUT2D eigenvalue weighted by atomic mass is 9.77. The van der Waals surface area contributed by atoms with Crippen LogP contribution in [0.5, 0.6) is 5.75 Å². The van der Waals surface area contributed by atoms with E-state index in [1.165, 1.54) is 4.88 Å². The van der Waals surface area contributed by atoms with Gasteiger partial charge in [0.25, 0.3) is 0 Å². The monoisotopic (exact) mass is 312 g/mol. The largest absolute Gasteiger partial charge is 0.496 e. The van der Waals surface area contributed by atoms with Crippen molar-refractivity contribution in [1.29, 1.82) is 0 Å². The summed E-state index contributed by atoms with van der Waals surface area (Å²) in [6.07, 6.45) is 4.04. The molecule has 2 saturated heterocycles. The Labute approximate surface area is 129 Å². The van der Waals surface area contributed by atoms with Crippen LogP contribution in [0.15, 0.2) is 11.4 Å². The highest BCUT2D eigenvalue weighted by molar-refractivity contribution is 7.10. The molecule has 118 valence electrons. The van der Waals surface area contributed by atoms with Crippen molar-refractivity contribution in [1.82, 2.24) is 5.43 Å². The summed E-state index contributed by atoms with van der Waals surface area (Å²) in [6, 6.07) is 2.14. The smallest absolute Gasteiger partial charge is 0.134 e. The number of hydrogen-bond donors (Lipinski definition) is 2. The van der Waals surface area contributed by atoms with Gasteiger partial charge in [-0.1, -0.05) is 0 Å². The van der Waals surface area contributed by atoms with Crippen LogP contribution in [0.3, 0.4) is 0 Å². The van der Waals surface area contributed by atoms with Crippen LogP contribution in [0.2, 0.25) is 0 Å². The molecular weight excluding hydrogens is 288 g/mol. The Morgan fingerprint density at radius 1 is 1.43 bits per heavy atom. The number of nitrogens with two attached hydrogens (primary N) is 1. The minimum Gasteiger partial charge on any atom is -0.496 e. The van der Waals surface area contributed by atoms with Gasteiger partial charge in [-0.3, -0.25) is 11.3 Å². The molecular formula is C15H24N2O3S. The molecule has 2 fully saturated rings. The molecule has 0 amide bonds. The van der Waals surface area contributed by atoms with Gasteiger partial charge in [0, 0.05) is 19.8 Å². The molecule has 2 atom stereocenters. The minimum absolute atomic E-state index is 0.0131. The summed E-state index contributed by atoms with van der Waals surface area (Å²) in [5.74, 6) is 7.27. The van der Waals surface area contributed by atoms with E-state index in [0.717, 1.165) is 51.3 Å². The van der Waals surface area contributed by atoms with Gasteiger partial charge in [0.2, 0.25) is 0 Å². The molecule has 21 heavy (non-hydrogen) atoms. The van der Waals surface area contributed by atoms with Gasteiger partial charge < -0.3 is 14.2 Å². The second-order valence-electron chi connectivity index (χ2n) is 5.89. The Kier molecular flexibility index (Phi) is 4.81. The third kappa shape index (κ3) is 3.10. The summed E-state index contributed by atoms with van der Waals surface area (Å²) in [5.41, 5.74) is 3.00. The molecule has 1 aromatic heterocycles. The van der Waals surface area contributed by atoms with Crippen molar-refractivity contribution in [3.05, 3.63) is 16.3 Å². The van der Waals surface area contributed by atoms with Crippen LogP contribution < -0.4 is 16.0 Å². The molecule has 5 nitrogen and oxygen atoms in total. The molecule has 0 bridgehead atoms. The highest BCUT2D eigenvalue weighted by atomic mass is 32.1. The molecule has 2 aliphatic heterocycles. The standard InChI is InChI=1S/C15H24N2O3S/c1-18-12-3-9-21-14(12)13(17-16)11-2-6-20-15(10-11)4-7-19-8-5-15/h3,9,11,13,17H,2,4-8,10,16H2,1H3. The quantitative estimate of drug-likeness (QED) is 0.659. The molecule has 1 spiro atoms. The topological polar surface area (TPSA) is 65.7 Å². The first-order valence-electron chi connectivity index (χ1n) is 7.57. The highest BCUT2D eigenvalue weighted by Crippen LogP contribution is 2.44. The normalized spacial score (nSPS) is 26.7. The zero-order valence-electron chi connectivity index (χ0n) is 12.5. The summed E-state index contributed by atoms with van der Waals surface area (Å²) in [6.45, 7) is 2.40. The third-order valence-corrected chi connectivity index (χ3v) is 5.73. The van der Waals surface area contributed by atoms with Crippen molar-refractivity contribution in [2.24, 2.45) is 11.8 Å². The molecule has 3 heterocycles. The number of thiophene rings is 1. The highest BCUT2D eigenvalue weighted by Gasteiger charge is 2.42. The van der Waals surface area contributed by atoms with Gasteiger partial charge in [-0.05, 0) is 43.0 Å². The predicted molar refractivity (Wildman–Crippen MR) is 82.4 cm³/mol. The van der Waals surface area contributed by atoms with E-state index in [2.05, 4.69) is 10.8 Å². The zero-order chi connectivity index (χ0) is 14.7. The minimum atomic E-state index is -0.0131. The lowest BCUT2D eigenvalue weighted by Gasteiger charge is -2.45. The average molecular weight is 312 g/mol. The van der Waals surface area contributed by atoms with Crippen molar-refractivity contribution < 1.29 is 14.2 Å². The summed E-state index contributed by atoms with van der Waals surface area (Å²) in [4.78, 5) is 1.19. The van der Waals surface area contributed by atoms with Gasteiger partial charge in [-0.25, -0.2) is 0 Å². The Morgan fingerprint density at radius 3 is 2.95 bits per heavy atom. The van der Waals surface area contributed by atoms with E-state index in [0.29, 0.717) is 5.92 Å². The fourth-order valence-electron chi connectivity index (χ4n) is 3.57. The van der Waals surface area contributed by atoms with E-state index in [-0.39, 0.29) is 11.6 Å². The summed E-state index contributed by atoms with van der Waals surface area (Å²) < 4.78 is 17.1. The molecule has 3 N–H and O–H groups in total. The van der Waals surface area contributed by atoms with Crippen LogP contribution in [0, 0.1) is 5.92 Å². The van der Waals surface area contributed by atoms with E-state index < -0.39 is 0 Å². The van der Waals surface area contributed by atoms with Gasteiger partial charge in [0.15, 0.2) is 0 Å². The van der Waals surface area contributed by atoms with Crippen molar-refractivity contribution in [2.45, 2.75) is 37.3 Å². The lowest BCUT2D eigenvalue weighted by molar-refractivity contribution is -0.150. The number of nitrogens with one attached hydrogen (secondary N) is 1. The second kappa shape index (κ2) is 6.62. The van der Waals surface area contributed by atoms with Crippen molar-refractivity contribution in [3.63, 3.8) is 0 Å². The Balaban J connectivity index is 1.77. The van der Waals surface area contributed by atoms with Gasteiger partial charge in [0.1, 0.15) is 5.75 Å². The number of hydrogen-bond acceptors (Lipinski definition) is 6. The Hall–Kier alpha value is -0.660. The average Bonchev–Trinajstić information content (AvgIpc) is 2.97. The molecule has 0 aliphatic carbocycles. The lowest BCUT2D eigenvalue weighted by Crippen LogP contribution is -2.47. The van der Waals surface area contributed by atoms with Gasteiger partial charge in [-0.2, -0.15) is 0 Å². The van der Waals surface area contributed by atoms with Gasteiger partial charge in [-0.15, -0.1) is 11.3 Å². The molecule has 2 aliphatic rings. The maximum Gasteiger partial charge on any atom is 0.134 e. The third-order valence-electron chi connectivity index (χ3n) is 4.75. The summed E-state index contributed by atoms with van der Waals surface area (Å²) in [7, 11) is 1.71. The van der Waals surface area contributed by atoms with Crippen molar-refractivity contribution in [2.75, 3.05) is 26.9 Å². The zero-order valence-corrected chi connectivity index (χ0v) is 13.3. The number of rotatable bonds is 4. The van der Waals surface area contributed by atoms with Gasteiger partial charge in [0.05, 0.1) is 23.6 Å². The van der Waals surface area contributed by atoms with E-state index in [1.807, 2.05) is 6.07 Å². The predicted octanol–water partition coefficient (Wildman–Crippen LogP) is 2.24. The molecule has 2 unspecified atom stereocenters. The number of hydrazine groups is 1. The molecule has 0 radical (unpaired) electrons. The molecule has 6 heteroatoms. The van der Waals surface area contributed by atoms with Gasteiger partial charge >= 0.3 is 0 Å². The van der Waals surface area contributed by atoms with E-state index in [4.69, 9.17) is 20.1 Å². The first-order valence-corrected chi connectivity index (χ1v) is 8.45. The fraction of sp³-hybridized carbons (Fsp3) is 0.733. The van der Waals surface area contributed by atoms with Crippen molar-refractivity contribution in [3.8, 4) is 5.75 Å². The van der Waals surface area contributed by atoms with E-state index >= 15 is 0 Å². The van der Waals surface area contributed by atoms with Crippen LogP contribution >= 0.6 is 11.3 Å². The molecule has 0 aromatic carbocycles. The van der Waals surface area contributed by atoms with Crippen LogP contribution in [0.25, 0.3) is 0 Å². The van der Waals surface area contributed by atoms with Crippen molar-refractivity contribution >= 4 is 11.3 Å². The first kappa shape index (κ1) is 15.2. The number of methoxy groups -OCH3 is 1. The molecule has 3 rings (SSSR count). The molecule has 0 saturated carbocycles. The Morgan fingerprint density at radius 2 is 2.24 bits per heavy atom. The SMILES string of the molecule is COc1ccsc1C(NN)C1CCOC2(CCOCC2)C1. The number of ether oxygens (including phenoxy) is 3.